The Kier molecular flexibility index (Phi) is 5.19. The van der Waals surface area contributed by atoms with Gasteiger partial charge in [0, 0.05) is 0 Å². The molecule has 0 radical (unpaired) electrons. The number of benzene rings is 2. The van der Waals surface area contributed by atoms with Crippen molar-refractivity contribution in [2.75, 3.05) is 0 Å². The van der Waals surface area contributed by atoms with Crippen LogP contribution >= 0.6 is 0 Å². The van der Waals surface area contributed by atoms with Gasteiger partial charge in [-0.1, -0.05) is 29.8 Å². The summed E-state index contributed by atoms with van der Waals surface area (Å²) in [6.07, 6.45) is 0. The summed E-state index contributed by atoms with van der Waals surface area (Å²) in [7, 11) is 0. The molecule has 6 N–H and O–H groups in total. The smallest absolute Gasteiger partial charge is 0.223 e. The molecule has 6 nitrogen and oxygen atoms in total. The number of ether oxygens (including phenoxy) is 1. The van der Waals surface area contributed by atoms with Crippen molar-refractivity contribution in [3.8, 4) is 5.75 Å². The van der Waals surface area contributed by atoms with Crippen molar-refractivity contribution in [3.05, 3.63) is 59.2 Å². The van der Waals surface area contributed by atoms with Crippen LogP contribution in [0, 0.1) is 13.8 Å². The van der Waals surface area contributed by atoms with E-state index in [9.17, 15) is 0 Å². The van der Waals surface area contributed by atoms with Crippen LogP contribution in [0.1, 0.15) is 16.7 Å². The van der Waals surface area contributed by atoms with Crippen LogP contribution in [0.3, 0.4) is 0 Å². The van der Waals surface area contributed by atoms with E-state index in [1.54, 1.807) is 0 Å². The molecule has 0 bridgehead atoms. The average molecular weight is 311 g/mol. The van der Waals surface area contributed by atoms with E-state index in [2.05, 4.69) is 23.0 Å². The minimum atomic E-state index is -0.124. The van der Waals surface area contributed by atoms with E-state index in [0.717, 1.165) is 16.9 Å². The lowest BCUT2D eigenvalue weighted by Crippen LogP contribution is -2.26. The predicted octanol–water partition coefficient (Wildman–Crippen LogP) is 2.10. The Balaban J connectivity index is 2.10. The summed E-state index contributed by atoms with van der Waals surface area (Å²) in [5, 5.41) is 0. The molecule has 0 atom stereocenters. The maximum atomic E-state index is 5.86. The topological polar surface area (TPSA) is 112 Å². The Bertz CT molecular complexity index is 748. The first-order valence-corrected chi connectivity index (χ1v) is 7.17. The normalized spacial score (nSPS) is 11.1. The number of rotatable bonds is 4. The highest BCUT2D eigenvalue weighted by atomic mass is 16.5. The number of hydrogen-bond acceptors (Lipinski definition) is 2. The number of aliphatic imine (C=N–C) groups is 2. The molecule has 6 heteroatoms. The number of aryl methyl sites for hydroxylation is 2. The summed E-state index contributed by atoms with van der Waals surface area (Å²) >= 11 is 0. The van der Waals surface area contributed by atoms with Crippen molar-refractivity contribution in [2.24, 2.45) is 27.2 Å². The molecule has 0 aliphatic heterocycles. The monoisotopic (exact) mass is 311 g/mol. The Hall–Kier alpha value is -3.02. The van der Waals surface area contributed by atoms with E-state index in [1.165, 1.54) is 5.56 Å². The fourth-order valence-electron chi connectivity index (χ4n) is 2.13. The maximum Gasteiger partial charge on any atom is 0.223 e. The zero-order chi connectivity index (χ0) is 16.8. The van der Waals surface area contributed by atoms with Gasteiger partial charge in [-0.25, -0.2) is 4.99 Å². The number of nitrogens with two attached hydrogens (primary N) is 3. The van der Waals surface area contributed by atoms with Gasteiger partial charge in [-0.15, -0.1) is 0 Å². The Morgan fingerprint density at radius 3 is 2.52 bits per heavy atom. The molecule has 0 heterocycles. The molecule has 0 fully saturated rings. The minimum absolute atomic E-state index is 0.0115. The SMILES string of the molecule is Cc1ccc(OCc2cccc(N=C(N)N=C(N)N)c2)c(C)c1. The van der Waals surface area contributed by atoms with Crippen molar-refractivity contribution < 1.29 is 4.74 Å². The van der Waals surface area contributed by atoms with E-state index >= 15 is 0 Å². The molecule has 2 aromatic carbocycles. The lowest BCUT2D eigenvalue weighted by molar-refractivity contribution is 0.304. The first-order chi connectivity index (χ1) is 10.9. The van der Waals surface area contributed by atoms with Gasteiger partial charge in [0.15, 0.2) is 5.96 Å². The van der Waals surface area contributed by atoms with Crippen molar-refractivity contribution >= 4 is 17.6 Å². The summed E-state index contributed by atoms with van der Waals surface area (Å²) in [6.45, 7) is 4.52. The number of nitrogens with zero attached hydrogens (tertiary/aromatic N) is 2. The fourth-order valence-corrected chi connectivity index (χ4v) is 2.13. The van der Waals surface area contributed by atoms with Crippen LogP contribution in [0.2, 0.25) is 0 Å². The standard InChI is InChI=1S/C17H21N5O/c1-11-6-7-15(12(2)8-11)23-10-13-4-3-5-14(9-13)21-17(20)22-16(18)19/h3-9H,10H2,1-2H3,(H6,18,19,20,21,22). The van der Waals surface area contributed by atoms with Crippen LogP contribution in [0.15, 0.2) is 52.4 Å². The summed E-state index contributed by atoms with van der Waals surface area (Å²) in [5.41, 5.74) is 20.1. The van der Waals surface area contributed by atoms with Crippen LogP contribution in [0.5, 0.6) is 5.75 Å². The zero-order valence-electron chi connectivity index (χ0n) is 13.3. The maximum absolute atomic E-state index is 5.86. The van der Waals surface area contributed by atoms with Crippen LogP contribution in [-0.4, -0.2) is 11.9 Å². The molecule has 0 aromatic heterocycles. The van der Waals surface area contributed by atoms with Gasteiger partial charge in [-0.05, 0) is 43.2 Å². The molecule has 0 aliphatic carbocycles. The van der Waals surface area contributed by atoms with Gasteiger partial charge in [0.2, 0.25) is 5.96 Å². The summed E-state index contributed by atoms with van der Waals surface area (Å²) in [5.74, 6) is 0.752. The largest absolute Gasteiger partial charge is 0.489 e. The number of guanidine groups is 2. The molecule has 0 aliphatic rings. The highest BCUT2D eigenvalue weighted by Crippen LogP contribution is 2.21. The molecule has 2 aromatic rings. The molecule has 0 saturated heterocycles. The Labute approximate surface area is 135 Å². The van der Waals surface area contributed by atoms with Crippen LogP contribution in [0.4, 0.5) is 5.69 Å². The molecule has 0 unspecified atom stereocenters. The van der Waals surface area contributed by atoms with Crippen LogP contribution in [-0.2, 0) is 6.61 Å². The Morgan fingerprint density at radius 1 is 1.04 bits per heavy atom. The second-order valence-corrected chi connectivity index (χ2v) is 5.23. The van der Waals surface area contributed by atoms with E-state index in [-0.39, 0.29) is 11.9 Å². The first kappa shape index (κ1) is 16.4. The van der Waals surface area contributed by atoms with Gasteiger partial charge in [-0.3, -0.25) is 0 Å². The molecular formula is C17H21N5O. The average Bonchev–Trinajstić information content (AvgIpc) is 2.45. The minimum Gasteiger partial charge on any atom is -0.489 e. The van der Waals surface area contributed by atoms with E-state index < -0.39 is 0 Å². The van der Waals surface area contributed by atoms with Gasteiger partial charge in [-0.2, -0.15) is 4.99 Å². The molecule has 120 valence electrons. The molecule has 2 rings (SSSR count). The third-order valence-corrected chi connectivity index (χ3v) is 3.12. The lowest BCUT2D eigenvalue weighted by Gasteiger charge is -2.10. The zero-order valence-corrected chi connectivity index (χ0v) is 13.3. The summed E-state index contributed by atoms with van der Waals surface area (Å²) < 4.78 is 5.86. The number of hydrogen-bond donors (Lipinski definition) is 3. The van der Waals surface area contributed by atoms with E-state index in [4.69, 9.17) is 21.9 Å². The molecule has 23 heavy (non-hydrogen) atoms. The van der Waals surface area contributed by atoms with E-state index in [1.807, 2.05) is 43.3 Å². The quantitative estimate of drug-likeness (QED) is 0.593. The van der Waals surface area contributed by atoms with Crippen molar-refractivity contribution in [1.82, 2.24) is 0 Å². The second-order valence-electron chi connectivity index (χ2n) is 5.23. The highest BCUT2D eigenvalue weighted by molar-refractivity contribution is 5.93. The van der Waals surface area contributed by atoms with E-state index in [0.29, 0.717) is 12.3 Å². The summed E-state index contributed by atoms with van der Waals surface area (Å²) in [4.78, 5) is 7.82. The lowest BCUT2D eigenvalue weighted by atomic mass is 10.1. The molecule has 0 saturated carbocycles. The van der Waals surface area contributed by atoms with Gasteiger partial charge >= 0.3 is 0 Å². The van der Waals surface area contributed by atoms with Crippen molar-refractivity contribution in [1.29, 1.82) is 0 Å². The van der Waals surface area contributed by atoms with Gasteiger partial charge in [0.25, 0.3) is 0 Å². The second kappa shape index (κ2) is 7.31. The third kappa shape index (κ3) is 5.03. The first-order valence-electron chi connectivity index (χ1n) is 7.17. The molecule has 0 spiro atoms. The third-order valence-electron chi connectivity index (χ3n) is 3.12. The van der Waals surface area contributed by atoms with Gasteiger partial charge in [0.05, 0.1) is 5.69 Å². The van der Waals surface area contributed by atoms with Crippen LogP contribution in [0.25, 0.3) is 0 Å². The van der Waals surface area contributed by atoms with Crippen molar-refractivity contribution in [3.63, 3.8) is 0 Å². The van der Waals surface area contributed by atoms with Gasteiger partial charge < -0.3 is 21.9 Å². The summed E-state index contributed by atoms with van der Waals surface area (Å²) in [6, 6.07) is 13.6. The highest BCUT2D eigenvalue weighted by Gasteiger charge is 2.02. The molecule has 0 amide bonds. The van der Waals surface area contributed by atoms with Crippen LogP contribution < -0.4 is 21.9 Å². The molecular weight excluding hydrogens is 290 g/mol. The fraction of sp³-hybridized carbons (Fsp3) is 0.176. The van der Waals surface area contributed by atoms with Crippen molar-refractivity contribution in [2.45, 2.75) is 20.5 Å². The Morgan fingerprint density at radius 2 is 1.83 bits per heavy atom. The predicted molar refractivity (Wildman–Crippen MR) is 93.8 cm³/mol. The van der Waals surface area contributed by atoms with Gasteiger partial charge in [0.1, 0.15) is 12.4 Å².